The van der Waals surface area contributed by atoms with Crippen LogP contribution in [0.2, 0.25) is 0 Å². The van der Waals surface area contributed by atoms with Crippen molar-refractivity contribution in [2.45, 2.75) is 0 Å². The standard InChI is InChI=1S/C29H24O4/c1-31-25-16-11-21(12-17-25)14-19-29(30)33-27-18-13-22(20-28(27)32-2)10-15-24-8-5-7-23-6-3-4-9-26(23)24/h3-20H,1-2H3/b15-10+,19-14+. The van der Waals surface area contributed by atoms with E-state index in [9.17, 15) is 4.79 Å². The van der Waals surface area contributed by atoms with Gasteiger partial charge >= 0.3 is 5.97 Å². The van der Waals surface area contributed by atoms with E-state index >= 15 is 0 Å². The average molecular weight is 437 g/mol. The van der Waals surface area contributed by atoms with Gasteiger partial charge in [0.05, 0.1) is 14.2 Å². The molecule has 33 heavy (non-hydrogen) atoms. The van der Waals surface area contributed by atoms with E-state index in [1.165, 1.54) is 16.8 Å². The minimum Gasteiger partial charge on any atom is -0.497 e. The maximum Gasteiger partial charge on any atom is 0.336 e. The van der Waals surface area contributed by atoms with Crippen LogP contribution in [0, 0.1) is 0 Å². The highest BCUT2D eigenvalue weighted by Crippen LogP contribution is 2.29. The number of fused-ring (bicyclic) bond motifs is 1. The van der Waals surface area contributed by atoms with Crippen molar-refractivity contribution in [2.75, 3.05) is 14.2 Å². The zero-order valence-electron chi connectivity index (χ0n) is 18.5. The SMILES string of the molecule is COc1ccc(/C=C/C(=O)Oc2ccc(/C=C/c3cccc4ccccc34)cc2OC)cc1. The molecule has 0 unspecified atom stereocenters. The summed E-state index contributed by atoms with van der Waals surface area (Å²) in [5.74, 6) is 1.13. The fraction of sp³-hybridized carbons (Fsp3) is 0.0690. The summed E-state index contributed by atoms with van der Waals surface area (Å²) in [6.07, 6.45) is 7.16. The summed E-state index contributed by atoms with van der Waals surface area (Å²) in [5, 5.41) is 2.39. The lowest BCUT2D eigenvalue weighted by Gasteiger charge is -2.09. The van der Waals surface area contributed by atoms with E-state index in [0.29, 0.717) is 11.5 Å². The molecule has 0 spiro atoms. The van der Waals surface area contributed by atoms with Crippen LogP contribution in [-0.4, -0.2) is 20.2 Å². The summed E-state index contributed by atoms with van der Waals surface area (Å²) in [4.78, 5) is 12.3. The monoisotopic (exact) mass is 436 g/mol. The first-order valence-electron chi connectivity index (χ1n) is 10.5. The predicted octanol–water partition coefficient (Wildman–Crippen LogP) is 6.65. The maximum atomic E-state index is 12.3. The largest absolute Gasteiger partial charge is 0.497 e. The maximum absolute atomic E-state index is 12.3. The van der Waals surface area contributed by atoms with Crippen LogP contribution in [0.1, 0.15) is 16.7 Å². The topological polar surface area (TPSA) is 44.8 Å². The van der Waals surface area contributed by atoms with Crippen LogP contribution >= 0.6 is 0 Å². The molecule has 0 saturated heterocycles. The lowest BCUT2D eigenvalue weighted by atomic mass is 10.0. The summed E-state index contributed by atoms with van der Waals surface area (Å²) < 4.78 is 16.1. The smallest absolute Gasteiger partial charge is 0.336 e. The van der Waals surface area contributed by atoms with Crippen molar-refractivity contribution in [3.05, 3.63) is 108 Å². The highest BCUT2D eigenvalue weighted by molar-refractivity contribution is 5.93. The van der Waals surface area contributed by atoms with Gasteiger partial charge in [-0.3, -0.25) is 0 Å². The Kier molecular flexibility index (Phi) is 6.86. The van der Waals surface area contributed by atoms with Crippen molar-refractivity contribution >= 4 is 35.0 Å². The van der Waals surface area contributed by atoms with E-state index in [4.69, 9.17) is 14.2 Å². The van der Waals surface area contributed by atoms with E-state index in [1.54, 1.807) is 26.4 Å². The molecule has 0 aliphatic carbocycles. The average Bonchev–Trinajstić information content (AvgIpc) is 2.87. The van der Waals surface area contributed by atoms with Crippen molar-refractivity contribution in [1.82, 2.24) is 0 Å². The van der Waals surface area contributed by atoms with Gasteiger partial charge in [-0.2, -0.15) is 0 Å². The van der Waals surface area contributed by atoms with Gasteiger partial charge < -0.3 is 14.2 Å². The number of benzene rings is 4. The molecule has 0 heterocycles. The predicted molar refractivity (Wildman–Crippen MR) is 134 cm³/mol. The molecule has 4 rings (SSSR count). The van der Waals surface area contributed by atoms with E-state index < -0.39 is 5.97 Å². The van der Waals surface area contributed by atoms with Crippen molar-refractivity contribution in [3.8, 4) is 17.2 Å². The van der Waals surface area contributed by atoms with Crippen LogP contribution in [0.4, 0.5) is 0 Å². The third-order valence-corrected chi connectivity index (χ3v) is 5.20. The van der Waals surface area contributed by atoms with Gasteiger partial charge in [0, 0.05) is 6.08 Å². The van der Waals surface area contributed by atoms with Gasteiger partial charge in [-0.1, -0.05) is 72.8 Å². The highest BCUT2D eigenvalue weighted by atomic mass is 16.6. The fourth-order valence-electron chi connectivity index (χ4n) is 3.48. The zero-order valence-corrected chi connectivity index (χ0v) is 18.5. The van der Waals surface area contributed by atoms with Crippen LogP contribution in [0.15, 0.2) is 91.0 Å². The van der Waals surface area contributed by atoms with E-state index in [-0.39, 0.29) is 0 Å². The van der Waals surface area contributed by atoms with Crippen LogP contribution in [-0.2, 0) is 4.79 Å². The number of carbonyl (C=O) groups excluding carboxylic acids is 1. The van der Waals surface area contributed by atoms with Crippen molar-refractivity contribution in [2.24, 2.45) is 0 Å². The molecule has 0 N–H and O–H groups in total. The summed E-state index contributed by atoms with van der Waals surface area (Å²) in [5.41, 5.74) is 2.94. The van der Waals surface area contributed by atoms with Gasteiger partial charge in [-0.15, -0.1) is 0 Å². The molecule has 0 radical (unpaired) electrons. The summed E-state index contributed by atoms with van der Waals surface area (Å²) in [6.45, 7) is 0. The molecule has 0 aromatic heterocycles. The van der Waals surface area contributed by atoms with Gasteiger partial charge in [-0.05, 0) is 57.8 Å². The third-order valence-electron chi connectivity index (χ3n) is 5.20. The molecule has 4 aromatic rings. The number of hydrogen-bond acceptors (Lipinski definition) is 4. The molecule has 0 aliphatic rings. The molecule has 0 bridgehead atoms. The zero-order chi connectivity index (χ0) is 23.0. The number of esters is 1. The normalized spacial score (nSPS) is 11.2. The Bertz CT molecular complexity index is 1310. The Labute approximate surface area is 193 Å². The van der Waals surface area contributed by atoms with Crippen LogP contribution in [0.5, 0.6) is 17.2 Å². The summed E-state index contributed by atoms with van der Waals surface area (Å²) >= 11 is 0. The van der Waals surface area contributed by atoms with Crippen molar-refractivity contribution in [3.63, 3.8) is 0 Å². The second-order valence-corrected chi connectivity index (χ2v) is 7.34. The van der Waals surface area contributed by atoms with Gasteiger partial charge in [0.25, 0.3) is 0 Å². The minimum absolute atomic E-state index is 0.365. The number of ether oxygens (including phenoxy) is 3. The number of hydrogen-bond donors (Lipinski definition) is 0. The Hall–Kier alpha value is -4.31. The lowest BCUT2D eigenvalue weighted by molar-refractivity contribution is -0.129. The van der Waals surface area contributed by atoms with Crippen LogP contribution in [0.25, 0.3) is 29.0 Å². The molecule has 164 valence electrons. The Morgan fingerprint density at radius 3 is 2.24 bits per heavy atom. The van der Waals surface area contributed by atoms with E-state index in [2.05, 4.69) is 30.3 Å². The first-order chi connectivity index (χ1) is 16.2. The van der Waals surface area contributed by atoms with E-state index in [1.807, 2.05) is 60.7 Å². The first kappa shape index (κ1) is 21.9. The molecule has 4 aromatic carbocycles. The Balaban J connectivity index is 1.47. The molecule has 0 fully saturated rings. The molecule has 0 atom stereocenters. The lowest BCUT2D eigenvalue weighted by Crippen LogP contribution is -2.05. The van der Waals surface area contributed by atoms with Gasteiger partial charge in [0.2, 0.25) is 0 Å². The van der Waals surface area contributed by atoms with Crippen LogP contribution < -0.4 is 14.2 Å². The highest BCUT2D eigenvalue weighted by Gasteiger charge is 2.09. The Morgan fingerprint density at radius 1 is 0.697 bits per heavy atom. The molecule has 0 saturated carbocycles. The molecule has 4 heteroatoms. The third kappa shape index (κ3) is 5.49. The quantitative estimate of drug-likeness (QED) is 0.141. The molecule has 0 amide bonds. The second kappa shape index (κ2) is 10.3. The molecule has 0 aliphatic heterocycles. The minimum atomic E-state index is -0.483. The van der Waals surface area contributed by atoms with E-state index in [0.717, 1.165) is 22.4 Å². The number of methoxy groups -OCH3 is 2. The molecular weight excluding hydrogens is 412 g/mol. The van der Waals surface area contributed by atoms with Crippen molar-refractivity contribution in [1.29, 1.82) is 0 Å². The van der Waals surface area contributed by atoms with Crippen LogP contribution in [0.3, 0.4) is 0 Å². The number of carbonyl (C=O) groups is 1. The van der Waals surface area contributed by atoms with Gasteiger partial charge in [0.15, 0.2) is 11.5 Å². The van der Waals surface area contributed by atoms with Gasteiger partial charge in [0.1, 0.15) is 5.75 Å². The van der Waals surface area contributed by atoms with Gasteiger partial charge in [-0.25, -0.2) is 4.79 Å². The first-order valence-corrected chi connectivity index (χ1v) is 10.5. The summed E-state index contributed by atoms with van der Waals surface area (Å²) in [7, 11) is 3.17. The molecular formula is C29H24O4. The fourth-order valence-corrected chi connectivity index (χ4v) is 3.48. The second-order valence-electron chi connectivity index (χ2n) is 7.34. The van der Waals surface area contributed by atoms with Crippen molar-refractivity contribution < 1.29 is 19.0 Å². The molecule has 4 nitrogen and oxygen atoms in total. The number of rotatable bonds is 7. The Morgan fingerprint density at radius 2 is 1.45 bits per heavy atom. The summed E-state index contributed by atoms with van der Waals surface area (Å²) in [6, 6.07) is 27.4.